The number of anilines is 1. The predicted molar refractivity (Wildman–Crippen MR) is 89.3 cm³/mol. The van der Waals surface area contributed by atoms with Crippen molar-refractivity contribution >= 4 is 17.4 Å². The molecule has 0 aliphatic carbocycles. The molecule has 0 saturated carbocycles. The summed E-state index contributed by atoms with van der Waals surface area (Å²) in [5, 5.41) is 0. The topological polar surface area (TPSA) is 46.6 Å². The van der Waals surface area contributed by atoms with Gasteiger partial charge in [-0.15, -0.1) is 0 Å². The highest BCUT2D eigenvalue weighted by atomic mass is 16.5. The van der Waals surface area contributed by atoms with Gasteiger partial charge in [-0.2, -0.15) is 0 Å². The summed E-state index contributed by atoms with van der Waals surface area (Å²) in [4.78, 5) is 25.8. The molecule has 0 saturated heterocycles. The molecule has 118 valence electrons. The van der Waals surface area contributed by atoms with Crippen molar-refractivity contribution in [1.82, 2.24) is 0 Å². The third kappa shape index (κ3) is 2.72. The van der Waals surface area contributed by atoms with E-state index < -0.39 is 11.7 Å². The monoisotopic (exact) mass is 309 g/mol. The van der Waals surface area contributed by atoms with E-state index in [9.17, 15) is 9.59 Å². The summed E-state index contributed by atoms with van der Waals surface area (Å²) < 4.78 is 5.81. The second-order valence-electron chi connectivity index (χ2n) is 5.87. The number of aryl methyl sites for hydroxylation is 3. The van der Waals surface area contributed by atoms with E-state index >= 15 is 0 Å². The van der Waals surface area contributed by atoms with E-state index in [0.29, 0.717) is 24.4 Å². The molecule has 1 aliphatic heterocycles. The third-order valence-electron chi connectivity index (χ3n) is 4.11. The van der Waals surface area contributed by atoms with E-state index in [1.54, 1.807) is 12.1 Å². The number of ether oxygens (including phenoxy) is 1. The molecule has 23 heavy (non-hydrogen) atoms. The highest BCUT2D eigenvalue weighted by molar-refractivity contribution is 6.52. The van der Waals surface area contributed by atoms with Gasteiger partial charge in [0.2, 0.25) is 0 Å². The Labute approximate surface area is 135 Å². The quantitative estimate of drug-likeness (QED) is 0.815. The minimum Gasteiger partial charge on any atom is -0.491 e. The number of nitrogens with zero attached hydrogens (tertiary/aromatic N) is 1. The van der Waals surface area contributed by atoms with E-state index in [-0.39, 0.29) is 0 Å². The summed E-state index contributed by atoms with van der Waals surface area (Å²) in [6.07, 6.45) is 0. The van der Waals surface area contributed by atoms with Gasteiger partial charge >= 0.3 is 0 Å². The zero-order valence-electron chi connectivity index (χ0n) is 13.6. The average Bonchev–Trinajstić information content (AvgIpc) is 2.77. The van der Waals surface area contributed by atoms with Gasteiger partial charge in [-0.1, -0.05) is 24.3 Å². The van der Waals surface area contributed by atoms with Crippen LogP contribution >= 0.6 is 0 Å². The minimum atomic E-state index is -0.473. The molecule has 2 aromatic rings. The molecule has 0 fully saturated rings. The molecule has 0 radical (unpaired) electrons. The molecule has 4 heteroatoms. The molecule has 4 nitrogen and oxygen atoms in total. The Balaban J connectivity index is 1.76. The van der Waals surface area contributed by atoms with Crippen LogP contribution in [-0.4, -0.2) is 24.8 Å². The fourth-order valence-electron chi connectivity index (χ4n) is 2.86. The number of hydrogen-bond acceptors (Lipinski definition) is 3. The van der Waals surface area contributed by atoms with Crippen LogP contribution in [0.3, 0.4) is 0 Å². The van der Waals surface area contributed by atoms with Crippen molar-refractivity contribution in [3.63, 3.8) is 0 Å². The molecule has 1 amide bonds. The minimum absolute atomic E-state index is 0.344. The lowest BCUT2D eigenvalue weighted by atomic mass is 10.1. The summed E-state index contributed by atoms with van der Waals surface area (Å²) in [6.45, 7) is 6.60. The molecular formula is C19H19NO3. The Bertz CT molecular complexity index is 795. The molecule has 0 N–H and O–H groups in total. The van der Waals surface area contributed by atoms with Crippen LogP contribution in [0.1, 0.15) is 27.0 Å². The Morgan fingerprint density at radius 1 is 1.00 bits per heavy atom. The largest absolute Gasteiger partial charge is 0.491 e. The summed E-state index contributed by atoms with van der Waals surface area (Å²) >= 11 is 0. The smallest absolute Gasteiger partial charge is 0.299 e. The summed E-state index contributed by atoms with van der Waals surface area (Å²) in [6, 6.07) is 11.4. The number of amides is 1. The number of rotatable bonds is 4. The summed E-state index contributed by atoms with van der Waals surface area (Å²) in [5.41, 5.74) is 4.30. The highest BCUT2D eigenvalue weighted by Gasteiger charge is 2.36. The van der Waals surface area contributed by atoms with Crippen LogP contribution in [0.4, 0.5) is 5.69 Å². The van der Waals surface area contributed by atoms with Gasteiger partial charge in [0.05, 0.1) is 17.8 Å². The SMILES string of the molecule is Cc1ccc(C)c(OCCN2C(=O)C(=O)c3cccc(C)c32)c1. The van der Waals surface area contributed by atoms with Crippen molar-refractivity contribution in [3.8, 4) is 5.75 Å². The van der Waals surface area contributed by atoms with Gasteiger partial charge in [0.25, 0.3) is 11.7 Å². The maximum atomic E-state index is 12.2. The first-order valence-electron chi connectivity index (χ1n) is 7.65. The number of carbonyl (C=O) groups excluding carboxylic acids is 2. The third-order valence-corrected chi connectivity index (χ3v) is 4.11. The zero-order valence-corrected chi connectivity index (χ0v) is 13.6. The van der Waals surface area contributed by atoms with Crippen LogP contribution in [0.15, 0.2) is 36.4 Å². The summed E-state index contributed by atoms with van der Waals surface area (Å²) in [5.74, 6) is -0.0951. The van der Waals surface area contributed by atoms with Crippen molar-refractivity contribution in [2.45, 2.75) is 20.8 Å². The lowest BCUT2D eigenvalue weighted by Crippen LogP contribution is -2.33. The van der Waals surface area contributed by atoms with Crippen LogP contribution < -0.4 is 9.64 Å². The van der Waals surface area contributed by atoms with E-state index in [2.05, 4.69) is 0 Å². The van der Waals surface area contributed by atoms with Crippen molar-refractivity contribution in [2.24, 2.45) is 0 Å². The molecule has 1 aliphatic rings. The number of para-hydroxylation sites is 1. The highest BCUT2D eigenvalue weighted by Crippen LogP contribution is 2.32. The lowest BCUT2D eigenvalue weighted by Gasteiger charge is -2.19. The van der Waals surface area contributed by atoms with Crippen molar-refractivity contribution in [2.75, 3.05) is 18.1 Å². The van der Waals surface area contributed by atoms with Gasteiger partial charge in [0, 0.05) is 0 Å². The molecule has 1 heterocycles. The van der Waals surface area contributed by atoms with Gasteiger partial charge in [-0.25, -0.2) is 0 Å². The van der Waals surface area contributed by atoms with Crippen LogP contribution in [0, 0.1) is 20.8 Å². The van der Waals surface area contributed by atoms with Gasteiger partial charge in [0.1, 0.15) is 12.4 Å². The van der Waals surface area contributed by atoms with Crippen LogP contribution in [-0.2, 0) is 4.79 Å². The maximum absolute atomic E-state index is 12.2. The standard InChI is InChI=1S/C19H19NO3/c1-12-7-8-13(2)16(11-12)23-10-9-20-17-14(3)5-4-6-15(17)18(21)19(20)22/h4-8,11H,9-10H2,1-3H3. The number of hydrogen-bond donors (Lipinski definition) is 0. The Morgan fingerprint density at radius 2 is 1.78 bits per heavy atom. The molecule has 0 spiro atoms. The first-order chi connectivity index (χ1) is 11.0. The normalized spacial score (nSPS) is 13.4. The Morgan fingerprint density at radius 3 is 2.57 bits per heavy atom. The van der Waals surface area contributed by atoms with Crippen molar-refractivity contribution in [3.05, 3.63) is 58.7 Å². The Kier molecular flexibility index (Phi) is 3.90. The second-order valence-corrected chi connectivity index (χ2v) is 5.87. The zero-order chi connectivity index (χ0) is 16.6. The first-order valence-corrected chi connectivity index (χ1v) is 7.65. The number of fused-ring (bicyclic) bond motifs is 1. The number of Topliss-reactive ketones (excluding diaryl/α,β-unsaturated/α-hetero) is 1. The second kappa shape index (κ2) is 5.88. The molecule has 0 unspecified atom stereocenters. The lowest BCUT2D eigenvalue weighted by molar-refractivity contribution is -0.114. The predicted octanol–water partition coefficient (Wildman–Crippen LogP) is 3.22. The maximum Gasteiger partial charge on any atom is 0.299 e. The average molecular weight is 309 g/mol. The van der Waals surface area contributed by atoms with Crippen molar-refractivity contribution < 1.29 is 14.3 Å². The first kappa shape index (κ1) is 15.3. The molecule has 0 bridgehead atoms. The molecule has 2 aromatic carbocycles. The fourth-order valence-corrected chi connectivity index (χ4v) is 2.86. The number of ketones is 1. The molecule has 0 aromatic heterocycles. The molecule has 3 rings (SSSR count). The number of carbonyl (C=O) groups is 2. The van der Waals surface area contributed by atoms with Crippen LogP contribution in [0.25, 0.3) is 0 Å². The van der Waals surface area contributed by atoms with Crippen LogP contribution in [0.2, 0.25) is 0 Å². The number of benzene rings is 2. The van der Waals surface area contributed by atoms with Gasteiger partial charge in [-0.05, 0) is 49.6 Å². The van der Waals surface area contributed by atoms with Gasteiger partial charge in [0.15, 0.2) is 0 Å². The Hall–Kier alpha value is -2.62. The van der Waals surface area contributed by atoms with Crippen molar-refractivity contribution in [1.29, 1.82) is 0 Å². The molecule has 0 atom stereocenters. The van der Waals surface area contributed by atoms with E-state index in [1.807, 2.05) is 45.0 Å². The fraction of sp³-hybridized carbons (Fsp3) is 0.263. The van der Waals surface area contributed by atoms with E-state index in [1.165, 1.54) is 4.90 Å². The molecular weight excluding hydrogens is 290 g/mol. The van der Waals surface area contributed by atoms with Gasteiger partial charge in [-0.3, -0.25) is 9.59 Å². The van der Waals surface area contributed by atoms with Crippen LogP contribution in [0.5, 0.6) is 5.75 Å². The summed E-state index contributed by atoms with van der Waals surface area (Å²) in [7, 11) is 0. The van der Waals surface area contributed by atoms with E-state index in [0.717, 1.165) is 22.4 Å². The van der Waals surface area contributed by atoms with E-state index in [4.69, 9.17) is 4.74 Å². The van der Waals surface area contributed by atoms with Gasteiger partial charge < -0.3 is 9.64 Å².